The Balaban J connectivity index is 1.71. The molecule has 1 aliphatic carbocycles. The molecule has 25 heavy (non-hydrogen) atoms. The maximum absolute atomic E-state index is 13.0. The summed E-state index contributed by atoms with van der Waals surface area (Å²) in [6.07, 6.45) is 5.90. The smallest absolute Gasteiger partial charge is 0.340 e. The van der Waals surface area contributed by atoms with Crippen molar-refractivity contribution in [1.82, 2.24) is 4.90 Å². The van der Waals surface area contributed by atoms with E-state index in [-0.39, 0.29) is 12.2 Å². The number of hydrogen-bond donors (Lipinski definition) is 0. The number of carbonyl (C=O) groups excluding carboxylic acids is 1. The first-order valence-electron chi connectivity index (χ1n) is 9.01. The molecule has 128 valence electrons. The van der Waals surface area contributed by atoms with E-state index in [0.29, 0.717) is 5.57 Å². The predicted molar refractivity (Wildman–Crippen MR) is 99.9 cm³/mol. The summed E-state index contributed by atoms with van der Waals surface area (Å²) < 4.78 is 5.89. The first kappa shape index (κ1) is 16.1. The molecule has 0 bridgehead atoms. The summed E-state index contributed by atoms with van der Waals surface area (Å²) in [4.78, 5) is 15.2. The van der Waals surface area contributed by atoms with E-state index in [4.69, 9.17) is 4.74 Å². The van der Waals surface area contributed by atoms with Gasteiger partial charge in [-0.05, 0) is 61.1 Å². The van der Waals surface area contributed by atoms with Crippen LogP contribution in [0.25, 0.3) is 11.6 Å². The van der Waals surface area contributed by atoms with Gasteiger partial charge in [0.2, 0.25) is 0 Å². The molecule has 1 atom stereocenters. The Kier molecular flexibility index (Phi) is 4.41. The van der Waals surface area contributed by atoms with Gasteiger partial charge in [-0.25, -0.2) is 4.79 Å². The van der Waals surface area contributed by atoms with Crippen LogP contribution in [0.3, 0.4) is 0 Å². The molecule has 2 aromatic rings. The van der Waals surface area contributed by atoms with Crippen LogP contribution in [-0.2, 0) is 16.0 Å². The molecule has 3 nitrogen and oxygen atoms in total. The van der Waals surface area contributed by atoms with Gasteiger partial charge in [-0.15, -0.1) is 0 Å². The van der Waals surface area contributed by atoms with Gasteiger partial charge in [-0.2, -0.15) is 0 Å². The number of piperidine rings is 1. The molecule has 1 fully saturated rings. The average Bonchev–Trinajstić information content (AvgIpc) is 2.80. The van der Waals surface area contributed by atoms with Crippen LogP contribution in [0.4, 0.5) is 0 Å². The number of nitrogens with zero attached hydrogens (tertiary/aromatic N) is 1. The van der Waals surface area contributed by atoms with Crippen molar-refractivity contribution in [2.75, 3.05) is 13.6 Å². The summed E-state index contributed by atoms with van der Waals surface area (Å²) in [5.74, 6) is -0.220. The van der Waals surface area contributed by atoms with Gasteiger partial charge in [0.25, 0.3) is 0 Å². The van der Waals surface area contributed by atoms with Gasteiger partial charge in [0, 0.05) is 6.54 Å². The van der Waals surface area contributed by atoms with Crippen molar-refractivity contribution in [3.05, 3.63) is 70.8 Å². The molecule has 1 saturated heterocycles. The van der Waals surface area contributed by atoms with Crippen molar-refractivity contribution in [3.8, 4) is 0 Å². The molecule has 0 aromatic heterocycles. The number of fused-ring (bicyclic) bond motifs is 2. The van der Waals surface area contributed by atoms with Crippen molar-refractivity contribution in [2.24, 2.45) is 0 Å². The van der Waals surface area contributed by atoms with E-state index in [1.54, 1.807) is 0 Å². The van der Waals surface area contributed by atoms with Crippen LogP contribution >= 0.6 is 0 Å². The second-order valence-electron chi connectivity index (χ2n) is 6.93. The number of esters is 1. The van der Waals surface area contributed by atoms with Crippen LogP contribution in [0.5, 0.6) is 0 Å². The normalized spacial score (nSPS) is 20.0. The third-order valence-corrected chi connectivity index (χ3v) is 5.21. The summed E-state index contributed by atoms with van der Waals surface area (Å²) in [6, 6.07) is 16.4. The second-order valence-corrected chi connectivity index (χ2v) is 6.93. The van der Waals surface area contributed by atoms with Crippen molar-refractivity contribution in [3.63, 3.8) is 0 Å². The molecule has 0 spiro atoms. The number of ether oxygens (including phenoxy) is 1. The van der Waals surface area contributed by atoms with Gasteiger partial charge in [-0.3, -0.25) is 4.90 Å². The van der Waals surface area contributed by atoms with Crippen molar-refractivity contribution in [1.29, 1.82) is 0 Å². The zero-order valence-corrected chi connectivity index (χ0v) is 14.6. The van der Waals surface area contributed by atoms with Gasteiger partial charge in [-0.1, -0.05) is 48.5 Å². The predicted octanol–water partition coefficient (Wildman–Crippen LogP) is 4.12. The van der Waals surface area contributed by atoms with Crippen LogP contribution in [0.1, 0.15) is 41.5 Å². The minimum atomic E-state index is -0.220. The van der Waals surface area contributed by atoms with Crippen molar-refractivity contribution in [2.45, 2.75) is 31.9 Å². The van der Waals surface area contributed by atoms with Crippen LogP contribution in [0.15, 0.2) is 48.5 Å². The zero-order valence-electron chi connectivity index (χ0n) is 14.6. The Morgan fingerprint density at radius 1 is 1.04 bits per heavy atom. The lowest BCUT2D eigenvalue weighted by Gasteiger charge is -2.32. The molecule has 0 amide bonds. The van der Waals surface area contributed by atoms with Crippen LogP contribution < -0.4 is 0 Å². The maximum atomic E-state index is 13.0. The first-order valence-corrected chi connectivity index (χ1v) is 9.01. The summed E-state index contributed by atoms with van der Waals surface area (Å²) in [5, 5.41) is 0. The zero-order chi connectivity index (χ0) is 17.2. The number of hydrogen-bond acceptors (Lipinski definition) is 3. The largest absolute Gasteiger partial charge is 0.443 e. The van der Waals surface area contributed by atoms with E-state index < -0.39 is 0 Å². The van der Waals surface area contributed by atoms with Crippen LogP contribution in [0, 0.1) is 0 Å². The van der Waals surface area contributed by atoms with E-state index in [1.807, 2.05) is 37.4 Å². The molecule has 1 heterocycles. The summed E-state index contributed by atoms with van der Waals surface area (Å²) in [7, 11) is 2.03. The average molecular weight is 333 g/mol. The molecule has 1 unspecified atom stereocenters. The molecule has 0 saturated carbocycles. The summed E-state index contributed by atoms with van der Waals surface area (Å²) >= 11 is 0. The Labute approximate surface area is 148 Å². The number of benzene rings is 2. The molecule has 0 N–H and O–H groups in total. The monoisotopic (exact) mass is 333 g/mol. The topological polar surface area (TPSA) is 29.5 Å². The highest BCUT2D eigenvalue weighted by molar-refractivity contribution is 6.22. The van der Waals surface area contributed by atoms with E-state index in [9.17, 15) is 4.79 Å². The molecule has 1 aliphatic heterocycles. The molecule has 2 aromatic carbocycles. The number of likely N-dealkylation sites (tertiary alicyclic amines) is 1. The highest BCUT2D eigenvalue weighted by Crippen LogP contribution is 2.31. The van der Waals surface area contributed by atoms with E-state index in [0.717, 1.165) is 36.9 Å². The van der Waals surface area contributed by atoms with Gasteiger partial charge < -0.3 is 4.74 Å². The lowest BCUT2D eigenvalue weighted by Crippen LogP contribution is -2.39. The standard InChI is InChI=1S/C22H23NO2/c1-23-13-7-6-12-21(23)25-22(24)20-15-17-9-3-2-8-16(17)14-18-10-4-5-11-19(18)20/h2-5,8-11,15,21H,6-7,12-14H2,1H3. The maximum Gasteiger partial charge on any atom is 0.340 e. The van der Waals surface area contributed by atoms with Gasteiger partial charge in [0.1, 0.15) is 0 Å². The molecule has 4 rings (SSSR count). The highest BCUT2D eigenvalue weighted by atomic mass is 16.6. The fourth-order valence-electron chi connectivity index (χ4n) is 3.76. The van der Waals surface area contributed by atoms with Crippen molar-refractivity contribution < 1.29 is 9.53 Å². The van der Waals surface area contributed by atoms with E-state index >= 15 is 0 Å². The fourth-order valence-corrected chi connectivity index (χ4v) is 3.76. The third kappa shape index (κ3) is 3.24. The lowest BCUT2D eigenvalue weighted by atomic mass is 9.98. The molecule has 0 radical (unpaired) electrons. The van der Waals surface area contributed by atoms with Gasteiger partial charge in [0.05, 0.1) is 5.57 Å². The summed E-state index contributed by atoms with van der Waals surface area (Å²) in [6.45, 7) is 0.983. The Morgan fingerprint density at radius 3 is 2.64 bits per heavy atom. The SMILES string of the molecule is CN1CCCCC1OC(=O)C1=Cc2ccccc2Cc2ccccc21. The minimum absolute atomic E-state index is 0.118. The molecule has 2 aliphatic rings. The van der Waals surface area contributed by atoms with Crippen LogP contribution in [0.2, 0.25) is 0 Å². The quantitative estimate of drug-likeness (QED) is 0.775. The summed E-state index contributed by atoms with van der Waals surface area (Å²) in [5.41, 5.74) is 5.17. The first-order chi connectivity index (χ1) is 12.2. The van der Waals surface area contributed by atoms with Crippen molar-refractivity contribution >= 4 is 17.6 Å². The Hall–Kier alpha value is -2.39. The van der Waals surface area contributed by atoms with Gasteiger partial charge >= 0.3 is 5.97 Å². The van der Waals surface area contributed by atoms with Gasteiger partial charge in [0.15, 0.2) is 6.23 Å². The van der Waals surface area contributed by atoms with Crippen LogP contribution in [-0.4, -0.2) is 30.7 Å². The number of rotatable bonds is 2. The van der Waals surface area contributed by atoms with E-state index in [1.165, 1.54) is 17.5 Å². The third-order valence-electron chi connectivity index (χ3n) is 5.21. The molecular weight excluding hydrogens is 310 g/mol. The minimum Gasteiger partial charge on any atom is -0.443 e. The molecular formula is C22H23NO2. The number of carbonyl (C=O) groups is 1. The Morgan fingerprint density at radius 2 is 1.80 bits per heavy atom. The lowest BCUT2D eigenvalue weighted by molar-refractivity contribution is -0.153. The van der Waals surface area contributed by atoms with E-state index in [2.05, 4.69) is 29.2 Å². The molecule has 3 heteroatoms. The second kappa shape index (κ2) is 6.85. The highest BCUT2D eigenvalue weighted by Gasteiger charge is 2.26. The fraction of sp³-hybridized carbons (Fsp3) is 0.318. The Bertz CT molecular complexity index is 824.